The molecule has 1 heterocycles. The van der Waals surface area contributed by atoms with Crippen LogP contribution in [-0.4, -0.2) is 23.8 Å². The first-order chi connectivity index (χ1) is 19.9. The molecule has 4 aromatic carbocycles. The highest BCUT2D eigenvalue weighted by molar-refractivity contribution is 9.10. The summed E-state index contributed by atoms with van der Waals surface area (Å²) in [5, 5.41) is 4.16. The van der Waals surface area contributed by atoms with Crippen LogP contribution in [0.25, 0.3) is 16.9 Å². The molecule has 0 aliphatic carbocycles. The average molecular weight is 609 g/mol. The Balaban J connectivity index is 1.25. The fourth-order valence-corrected chi connectivity index (χ4v) is 5.08. The maximum atomic E-state index is 12.8. The number of hydrogen-bond donors (Lipinski definition) is 1. The van der Waals surface area contributed by atoms with Gasteiger partial charge in [0.2, 0.25) is 0 Å². The Morgan fingerprint density at radius 3 is 2.37 bits per heavy atom. The molecule has 0 atom stereocenters. The second-order valence-electron chi connectivity index (χ2n) is 9.62. The van der Waals surface area contributed by atoms with Gasteiger partial charge >= 0.3 is 0 Å². The first kappa shape index (κ1) is 27.9. The third-order valence-corrected chi connectivity index (χ3v) is 7.26. The van der Waals surface area contributed by atoms with Crippen LogP contribution in [-0.2, 0) is 6.61 Å². The van der Waals surface area contributed by atoms with Crippen molar-refractivity contribution in [2.45, 2.75) is 20.5 Å². The van der Waals surface area contributed by atoms with E-state index in [-0.39, 0.29) is 5.91 Å². The third kappa shape index (κ3) is 6.58. The molecule has 41 heavy (non-hydrogen) atoms. The quantitative estimate of drug-likeness (QED) is 0.137. The lowest BCUT2D eigenvalue weighted by atomic mass is 10.1. The summed E-state index contributed by atoms with van der Waals surface area (Å²) in [5.41, 5.74) is 10.4. The minimum atomic E-state index is -0.301. The highest BCUT2D eigenvalue weighted by atomic mass is 79.9. The molecule has 0 saturated heterocycles. The van der Waals surface area contributed by atoms with E-state index in [9.17, 15) is 4.79 Å². The van der Waals surface area contributed by atoms with Crippen molar-refractivity contribution < 1.29 is 14.3 Å². The molecule has 0 aliphatic heterocycles. The van der Waals surface area contributed by atoms with E-state index < -0.39 is 0 Å². The van der Waals surface area contributed by atoms with E-state index in [1.165, 1.54) is 5.56 Å². The van der Waals surface area contributed by atoms with Crippen molar-refractivity contribution >= 4 is 28.1 Å². The second-order valence-corrected chi connectivity index (χ2v) is 10.5. The lowest BCUT2D eigenvalue weighted by molar-refractivity contribution is 0.0955. The van der Waals surface area contributed by atoms with Crippen molar-refractivity contribution in [3.8, 4) is 28.4 Å². The number of amides is 1. The van der Waals surface area contributed by atoms with Gasteiger partial charge in [0.05, 0.1) is 23.5 Å². The number of ether oxygens (including phenoxy) is 2. The number of carbonyl (C=O) groups excluding carboxylic acids is 1. The van der Waals surface area contributed by atoms with E-state index in [1.54, 1.807) is 25.5 Å². The zero-order valence-electron chi connectivity index (χ0n) is 23.1. The maximum Gasteiger partial charge on any atom is 0.271 e. The van der Waals surface area contributed by atoms with Gasteiger partial charge in [0.25, 0.3) is 5.91 Å². The van der Waals surface area contributed by atoms with Gasteiger partial charge in [0, 0.05) is 16.9 Å². The molecule has 7 heteroatoms. The molecule has 0 spiro atoms. The molecule has 6 nitrogen and oxygen atoms in total. The van der Waals surface area contributed by atoms with Crippen molar-refractivity contribution in [2.75, 3.05) is 7.11 Å². The summed E-state index contributed by atoms with van der Waals surface area (Å²) in [6, 6.07) is 33.8. The van der Waals surface area contributed by atoms with Crippen molar-refractivity contribution in [3.05, 3.63) is 136 Å². The molecular weight excluding hydrogens is 578 g/mol. The molecule has 0 bridgehead atoms. The zero-order chi connectivity index (χ0) is 28.8. The third-order valence-electron chi connectivity index (χ3n) is 6.67. The fourth-order valence-electron chi connectivity index (χ4n) is 4.50. The molecule has 1 N–H and O–H groups in total. The van der Waals surface area contributed by atoms with Gasteiger partial charge < -0.3 is 14.0 Å². The summed E-state index contributed by atoms with van der Waals surface area (Å²) in [6.45, 7) is 4.53. The second kappa shape index (κ2) is 12.7. The highest BCUT2D eigenvalue weighted by Gasteiger charge is 2.13. The molecule has 206 valence electrons. The van der Waals surface area contributed by atoms with E-state index in [0.29, 0.717) is 23.7 Å². The summed E-state index contributed by atoms with van der Waals surface area (Å²) < 4.78 is 14.5. The Kier molecular flexibility index (Phi) is 8.65. The minimum Gasteiger partial charge on any atom is -0.493 e. The predicted molar refractivity (Wildman–Crippen MR) is 167 cm³/mol. The van der Waals surface area contributed by atoms with Gasteiger partial charge in [0.1, 0.15) is 6.61 Å². The van der Waals surface area contributed by atoms with E-state index in [0.717, 1.165) is 38.2 Å². The number of hydrazone groups is 1. The van der Waals surface area contributed by atoms with Crippen molar-refractivity contribution in [2.24, 2.45) is 5.10 Å². The van der Waals surface area contributed by atoms with Gasteiger partial charge in [-0.2, -0.15) is 5.10 Å². The van der Waals surface area contributed by atoms with Gasteiger partial charge in [-0.05, 0) is 95.0 Å². The van der Waals surface area contributed by atoms with Gasteiger partial charge in [-0.25, -0.2) is 5.43 Å². The molecule has 1 aromatic heterocycles. The number of halogens is 1. The van der Waals surface area contributed by atoms with Crippen LogP contribution in [0.1, 0.15) is 32.7 Å². The molecular formula is C34H30BrN3O3. The normalized spacial score (nSPS) is 11.0. The number of nitrogens with one attached hydrogen (secondary N) is 1. The molecule has 0 unspecified atom stereocenters. The Morgan fingerprint density at radius 2 is 1.66 bits per heavy atom. The summed E-state index contributed by atoms with van der Waals surface area (Å²) in [6.07, 6.45) is 1.57. The number of aromatic nitrogens is 1. The van der Waals surface area contributed by atoms with Gasteiger partial charge in [-0.3, -0.25) is 4.79 Å². The number of carbonyl (C=O) groups is 1. The molecule has 1 amide bonds. The number of benzene rings is 4. The van der Waals surface area contributed by atoms with Crippen LogP contribution >= 0.6 is 15.9 Å². The van der Waals surface area contributed by atoms with Gasteiger partial charge in [-0.1, -0.05) is 60.2 Å². The number of rotatable bonds is 9. The minimum absolute atomic E-state index is 0.301. The lowest BCUT2D eigenvalue weighted by Crippen LogP contribution is -2.17. The Hall–Kier alpha value is -4.62. The summed E-state index contributed by atoms with van der Waals surface area (Å²) in [5.74, 6) is 0.858. The maximum absolute atomic E-state index is 12.8. The van der Waals surface area contributed by atoms with Crippen LogP contribution in [0.2, 0.25) is 0 Å². The monoisotopic (exact) mass is 607 g/mol. The Bertz CT molecular complexity index is 1680. The van der Waals surface area contributed by atoms with Crippen LogP contribution in [0.4, 0.5) is 0 Å². The van der Waals surface area contributed by atoms with E-state index in [4.69, 9.17) is 9.47 Å². The Labute approximate surface area is 248 Å². The van der Waals surface area contributed by atoms with Gasteiger partial charge in [0.15, 0.2) is 11.5 Å². The van der Waals surface area contributed by atoms with Crippen LogP contribution in [0, 0.1) is 13.8 Å². The zero-order valence-corrected chi connectivity index (χ0v) is 24.7. The van der Waals surface area contributed by atoms with Crippen LogP contribution in [0.15, 0.2) is 113 Å². The average Bonchev–Trinajstić information content (AvgIpc) is 3.38. The van der Waals surface area contributed by atoms with Crippen molar-refractivity contribution in [1.82, 2.24) is 9.99 Å². The number of hydrogen-bond acceptors (Lipinski definition) is 4. The molecule has 0 saturated carbocycles. The SMILES string of the molecule is COc1cc(/C=N/NC(=O)c2ccc(-n3c(C)ccc3-c3ccccc3)cc2)cc(Br)c1OCc1ccc(C)cc1. The number of nitrogens with zero attached hydrogens (tertiary/aromatic N) is 2. The van der Waals surface area contributed by atoms with Crippen molar-refractivity contribution in [1.29, 1.82) is 0 Å². The van der Waals surface area contributed by atoms with Gasteiger partial charge in [-0.15, -0.1) is 0 Å². The molecule has 0 aliphatic rings. The number of aryl methyl sites for hydroxylation is 2. The lowest BCUT2D eigenvalue weighted by Gasteiger charge is -2.14. The molecule has 0 fully saturated rings. The number of methoxy groups -OCH3 is 1. The van der Waals surface area contributed by atoms with E-state index in [2.05, 4.69) is 81.3 Å². The molecule has 5 aromatic rings. The predicted octanol–water partition coefficient (Wildman–Crippen LogP) is 7.88. The Morgan fingerprint density at radius 1 is 0.927 bits per heavy atom. The fraction of sp³-hybridized carbons (Fsp3) is 0.118. The largest absolute Gasteiger partial charge is 0.493 e. The van der Waals surface area contributed by atoms with E-state index >= 15 is 0 Å². The van der Waals surface area contributed by atoms with Crippen LogP contribution in [0.3, 0.4) is 0 Å². The first-order valence-electron chi connectivity index (χ1n) is 13.2. The van der Waals surface area contributed by atoms with Crippen LogP contribution in [0.5, 0.6) is 11.5 Å². The standard InChI is InChI=1S/C34H30BrN3O3/c1-23-9-12-25(13-10-23)22-41-33-30(35)19-26(20-32(33)40-3)21-36-37-34(39)28-14-16-29(17-15-28)38-24(2)11-18-31(38)27-7-5-4-6-8-27/h4-21H,22H2,1-3H3,(H,37,39)/b36-21+. The van der Waals surface area contributed by atoms with Crippen molar-refractivity contribution in [3.63, 3.8) is 0 Å². The smallest absolute Gasteiger partial charge is 0.271 e. The molecule has 0 radical (unpaired) electrons. The summed E-state index contributed by atoms with van der Waals surface area (Å²) in [4.78, 5) is 12.8. The highest BCUT2D eigenvalue weighted by Crippen LogP contribution is 2.37. The summed E-state index contributed by atoms with van der Waals surface area (Å²) >= 11 is 3.57. The van der Waals surface area contributed by atoms with Crippen LogP contribution < -0.4 is 14.9 Å². The topological polar surface area (TPSA) is 64.8 Å². The summed E-state index contributed by atoms with van der Waals surface area (Å²) in [7, 11) is 1.59. The first-order valence-corrected chi connectivity index (χ1v) is 14.0. The molecule has 5 rings (SSSR count). The van der Waals surface area contributed by atoms with E-state index in [1.807, 2.05) is 54.6 Å².